The van der Waals surface area contributed by atoms with Crippen molar-refractivity contribution >= 4 is 5.78 Å². The first-order chi connectivity index (χ1) is 4.89. The molecule has 0 aromatic carbocycles. The zero-order valence-electron chi connectivity index (χ0n) is 8.40. The maximum atomic E-state index is 11.4. The number of rotatable bonds is 3. The first kappa shape index (κ1) is 10.7. The SMILES string of the molecule is CCCC(=O)C(C)C(C)(C)C. The van der Waals surface area contributed by atoms with Crippen molar-refractivity contribution in [3.05, 3.63) is 0 Å². The third-order valence-corrected chi connectivity index (χ3v) is 2.28. The summed E-state index contributed by atoms with van der Waals surface area (Å²) >= 11 is 0. The van der Waals surface area contributed by atoms with Crippen LogP contribution in [0.15, 0.2) is 0 Å². The number of carbonyl (C=O) groups excluding carboxylic acids is 1. The minimum absolute atomic E-state index is 0.131. The molecule has 0 N–H and O–H groups in total. The Balaban J connectivity index is 4.03. The Bertz CT molecular complexity index is 130. The molecule has 0 amide bonds. The molecule has 0 saturated carbocycles. The summed E-state index contributed by atoms with van der Waals surface area (Å²) in [5.74, 6) is 0.599. The smallest absolute Gasteiger partial charge is 0.136 e. The normalized spacial score (nSPS) is 14.6. The zero-order valence-corrected chi connectivity index (χ0v) is 8.40. The summed E-state index contributed by atoms with van der Waals surface area (Å²) in [5, 5.41) is 0. The van der Waals surface area contributed by atoms with Crippen molar-refractivity contribution in [3.63, 3.8) is 0 Å². The van der Waals surface area contributed by atoms with E-state index in [0.717, 1.165) is 12.8 Å². The van der Waals surface area contributed by atoms with Gasteiger partial charge in [0.15, 0.2) is 0 Å². The lowest BCUT2D eigenvalue weighted by atomic mass is 9.78. The van der Waals surface area contributed by atoms with Gasteiger partial charge in [0.25, 0.3) is 0 Å². The maximum absolute atomic E-state index is 11.4. The molecule has 0 aliphatic heterocycles. The van der Waals surface area contributed by atoms with Crippen LogP contribution in [0.5, 0.6) is 0 Å². The molecule has 0 fully saturated rings. The van der Waals surface area contributed by atoms with Gasteiger partial charge >= 0.3 is 0 Å². The molecule has 0 radical (unpaired) electrons. The predicted molar refractivity (Wildman–Crippen MR) is 48.5 cm³/mol. The summed E-state index contributed by atoms with van der Waals surface area (Å²) in [5.41, 5.74) is 0.131. The molecule has 1 heteroatoms. The van der Waals surface area contributed by atoms with Crippen LogP contribution in [0.4, 0.5) is 0 Å². The number of hydrogen-bond acceptors (Lipinski definition) is 1. The highest BCUT2D eigenvalue weighted by atomic mass is 16.1. The van der Waals surface area contributed by atoms with Gasteiger partial charge in [-0.05, 0) is 11.8 Å². The molecule has 0 aliphatic carbocycles. The highest BCUT2D eigenvalue weighted by molar-refractivity contribution is 5.81. The van der Waals surface area contributed by atoms with E-state index in [4.69, 9.17) is 0 Å². The highest BCUT2D eigenvalue weighted by Crippen LogP contribution is 2.26. The van der Waals surface area contributed by atoms with E-state index in [1.165, 1.54) is 0 Å². The van der Waals surface area contributed by atoms with Gasteiger partial charge in [-0.2, -0.15) is 0 Å². The third-order valence-electron chi connectivity index (χ3n) is 2.28. The van der Waals surface area contributed by atoms with Crippen LogP contribution in [0, 0.1) is 11.3 Å². The standard InChI is InChI=1S/C10H20O/c1-6-7-9(11)8(2)10(3,4)5/h8H,6-7H2,1-5H3. The van der Waals surface area contributed by atoms with Gasteiger partial charge in [0.2, 0.25) is 0 Å². The fraction of sp³-hybridized carbons (Fsp3) is 0.900. The molecule has 0 aliphatic rings. The Morgan fingerprint density at radius 1 is 1.36 bits per heavy atom. The zero-order chi connectivity index (χ0) is 9.07. The number of Topliss-reactive ketones (excluding diaryl/α,β-unsaturated/α-hetero) is 1. The summed E-state index contributed by atoms with van der Waals surface area (Å²) in [4.78, 5) is 11.4. The Hall–Kier alpha value is -0.330. The van der Waals surface area contributed by atoms with Gasteiger partial charge in [-0.3, -0.25) is 4.79 Å². The van der Waals surface area contributed by atoms with E-state index in [1.807, 2.05) is 13.8 Å². The molecular weight excluding hydrogens is 136 g/mol. The topological polar surface area (TPSA) is 17.1 Å². The van der Waals surface area contributed by atoms with Crippen molar-refractivity contribution in [1.82, 2.24) is 0 Å². The van der Waals surface area contributed by atoms with Crippen LogP contribution in [0.25, 0.3) is 0 Å². The van der Waals surface area contributed by atoms with Crippen molar-refractivity contribution in [2.24, 2.45) is 11.3 Å². The van der Waals surface area contributed by atoms with Crippen LogP contribution in [0.1, 0.15) is 47.5 Å². The van der Waals surface area contributed by atoms with E-state index < -0.39 is 0 Å². The molecule has 1 nitrogen and oxygen atoms in total. The number of ketones is 1. The molecule has 0 rings (SSSR count). The molecule has 0 heterocycles. The average molecular weight is 156 g/mol. The van der Waals surface area contributed by atoms with Crippen molar-refractivity contribution in [1.29, 1.82) is 0 Å². The van der Waals surface area contributed by atoms with Gasteiger partial charge in [0.1, 0.15) is 5.78 Å². The van der Waals surface area contributed by atoms with Crippen molar-refractivity contribution in [3.8, 4) is 0 Å². The van der Waals surface area contributed by atoms with E-state index in [2.05, 4.69) is 20.8 Å². The molecule has 0 aromatic rings. The van der Waals surface area contributed by atoms with E-state index in [9.17, 15) is 4.79 Å². The van der Waals surface area contributed by atoms with Gasteiger partial charge in [0.05, 0.1) is 0 Å². The monoisotopic (exact) mass is 156 g/mol. The van der Waals surface area contributed by atoms with E-state index in [1.54, 1.807) is 0 Å². The molecule has 66 valence electrons. The average Bonchev–Trinajstić information content (AvgIpc) is 1.85. The van der Waals surface area contributed by atoms with E-state index >= 15 is 0 Å². The molecule has 1 unspecified atom stereocenters. The van der Waals surface area contributed by atoms with Crippen LogP contribution in [-0.4, -0.2) is 5.78 Å². The number of carbonyl (C=O) groups is 1. The van der Waals surface area contributed by atoms with Crippen LogP contribution < -0.4 is 0 Å². The second-order valence-corrected chi connectivity index (χ2v) is 4.30. The molecule has 0 saturated heterocycles. The number of hydrogen-bond donors (Lipinski definition) is 0. The largest absolute Gasteiger partial charge is 0.299 e. The van der Waals surface area contributed by atoms with Gasteiger partial charge in [0, 0.05) is 12.3 Å². The lowest BCUT2D eigenvalue weighted by Crippen LogP contribution is -2.25. The van der Waals surface area contributed by atoms with E-state index in [-0.39, 0.29) is 11.3 Å². The van der Waals surface area contributed by atoms with Crippen molar-refractivity contribution in [2.45, 2.75) is 47.5 Å². The first-order valence-corrected chi connectivity index (χ1v) is 4.42. The third kappa shape index (κ3) is 3.54. The molecular formula is C10H20O. The summed E-state index contributed by atoms with van der Waals surface area (Å²) in [7, 11) is 0. The minimum Gasteiger partial charge on any atom is -0.299 e. The van der Waals surface area contributed by atoms with Crippen LogP contribution in [-0.2, 0) is 4.79 Å². The predicted octanol–water partition coefficient (Wildman–Crippen LogP) is 3.04. The first-order valence-electron chi connectivity index (χ1n) is 4.42. The summed E-state index contributed by atoms with van der Waals surface area (Å²) in [6.45, 7) is 10.4. The lowest BCUT2D eigenvalue weighted by Gasteiger charge is -2.25. The summed E-state index contributed by atoms with van der Waals surface area (Å²) in [6, 6.07) is 0. The fourth-order valence-corrected chi connectivity index (χ4v) is 0.946. The van der Waals surface area contributed by atoms with Crippen LogP contribution in [0.3, 0.4) is 0 Å². The van der Waals surface area contributed by atoms with Gasteiger partial charge in [-0.15, -0.1) is 0 Å². The van der Waals surface area contributed by atoms with Crippen molar-refractivity contribution in [2.75, 3.05) is 0 Å². The molecule has 0 aromatic heterocycles. The second kappa shape index (κ2) is 3.89. The Morgan fingerprint density at radius 3 is 2.09 bits per heavy atom. The van der Waals surface area contributed by atoms with Gasteiger partial charge < -0.3 is 0 Å². The van der Waals surface area contributed by atoms with Gasteiger partial charge in [-0.25, -0.2) is 0 Å². The van der Waals surface area contributed by atoms with Gasteiger partial charge in [-0.1, -0.05) is 34.6 Å². The minimum atomic E-state index is 0.131. The highest BCUT2D eigenvalue weighted by Gasteiger charge is 2.25. The maximum Gasteiger partial charge on any atom is 0.136 e. The molecule has 0 spiro atoms. The summed E-state index contributed by atoms with van der Waals surface area (Å²) in [6.07, 6.45) is 1.71. The molecule has 0 bridgehead atoms. The van der Waals surface area contributed by atoms with Crippen LogP contribution >= 0.6 is 0 Å². The summed E-state index contributed by atoms with van der Waals surface area (Å²) < 4.78 is 0. The Labute approximate surface area is 70.2 Å². The Morgan fingerprint density at radius 2 is 1.82 bits per heavy atom. The second-order valence-electron chi connectivity index (χ2n) is 4.30. The fourth-order valence-electron chi connectivity index (χ4n) is 0.946. The quantitative estimate of drug-likeness (QED) is 0.614. The van der Waals surface area contributed by atoms with E-state index in [0.29, 0.717) is 5.78 Å². The lowest BCUT2D eigenvalue weighted by molar-refractivity contribution is -0.125. The molecule has 1 atom stereocenters. The van der Waals surface area contributed by atoms with Crippen molar-refractivity contribution < 1.29 is 4.79 Å². The van der Waals surface area contributed by atoms with Crippen LogP contribution in [0.2, 0.25) is 0 Å². The molecule has 11 heavy (non-hydrogen) atoms. The Kier molecular flexibility index (Phi) is 3.77.